The number of carboxylic acid groups (broad SMARTS) is 1. The van der Waals surface area contributed by atoms with E-state index < -0.39 is 5.97 Å². The normalized spacial score (nSPS) is 40.4. The van der Waals surface area contributed by atoms with Crippen LogP contribution in [0.2, 0.25) is 0 Å². The molecule has 0 saturated heterocycles. The molecule has 2 nitrogen and oxygen atoms in total. The zero-order chi connectivity index (χ0) is 7.07. The van der Waals surface area contributed by atoms with E-state index in [2.05, 4.69) is 31.9 Å². The second-order valence-corrected chi connectivity index (χ2v) is 4.40. The maximum absolute atomic E-state index is 10.3. The van der Waals surface area contributed by atoms with Crippen LogP contribution in [0.25, 0.3) is 0 Å². The Kier molecular flexibility index (Phi) is 1.87. The third-order valence-electron chi connectivity index (χ3n) is 1.53. The smallest absolute Gasteiger partial charge is 0.308 e. The van der Waals surface area contributed by atoms with Crippen molar-refractivity contribution in [1.82, 2.24) is 0 Å². The van der Waals surface area contributed by atoms with E-state index in [4.69, 9.17) is 5.11 Å². The van der Waals surface area contributed by atoms with Crippen molar-refractivity contribution in [2.24, 2.45) is 5.92 Å². The summed E-state index contributed by atoms with van der Waals surface area (Å²) in [6, 6.07) is 0. The predicted molar refractivity (Wildman–Crippen MR) is 41.2 cm³/mol. The van der Waals surface area contributed by atoms with Gasteiger partial charge in [-0.1, -0.05) is 31.9 Å². The number of halogens is 2. The Morgan fingerprint density at radius 1 is 1.89 bits per heavy atom. The summed E-state index contributed by atoms with van der Waals surface area (Å²) in [7, 11) is 0. The first-order valence-electron chi connectivity index (χ1n) is 2.58. The maximum Gasteiger partial charge on any atom is 0.308 e. The van der Waals surface area contributed by atoms with E-state index in [0.29, 0.717) is 0 Å². The van der Waals surface area contributed by atoms with E-state index in [1.165, 1.54) is 0 Å². The van der Waals surface area contributed by atoms with Gasteiger partial charge in [-0.3, -0.25) is 4.79 Å². The van der Waals surface area contributed by atoms with Crippen LogP contribution in [-0.4, -0.2) is 20.7 Å². The zero-order valence-corrected chi connectivity index (χ0v) is 7.77. The van der Waals surface area contributed by atoms with Crippen molar-refractivity contribution in [3.8, 4) is 0 Å². The molecule has 1 aliphatic carbocycles. The standard InChI is InChI=1S/C5H6Br2O2/c6-2-5(7)1-3(5)4(8)9/h3H,1-2H2,(H,8,9)/t3-,5+/m0/s1. The molecule has 0 aliphatic heterocycles. The van der Waals surface area contributed by atoms with E-state index >= 15 is 0 Å². The minimum atomic E-state index is -0.702. The van der Waals surface area contributed by atoms with Gasteiger partial charge in [-0.25, -0.2) is 0 Å². The number of hydrogen-bond donors (Lipinski definition) is 1. The second-order valence-electron chi connectivity index (χ2n) is 2.26. The molecule has 0 bridgehead atoms. The maximum atomic E-state index is 10.3. The first-order chi connectivity index (χ1) is 4.10. The molecule has 1 rings (SSSR count). The van der Waals surface area contributed by atoms with Gasteiger partial charge < -0.3 is 5.11 Å². The Bertz CT molecular complexity index is 148. The van der Waals surface area contributed by atoms with Gasteiger partial charge in [0.05, 0.1) is 5.92 Å². The molecule has 0 unspecified atom stereocenters. The van der Waals surface area contributed by atoms with Crippen molar-refractivity contribution in [3.63, 3.8) is 0 Å². The SMILES string of the molecule is O=C(O)[C@@H]1C[C@@]1(Br)CBr. The summed E-state index contributed by atoms with van der Waals surface area (Å²) in [4.78, 5) is 10.3. The van der Waals surface area contributed by atoms with Crippen LogP contribution in [0.4, 0.5) is 0 Å². The Balaban J connectivity index is 2.48. The van der Waals surface area contributed by atoms with Crippen molar-refractivity contribution >= 4 is 37.8 Å². The molecular formula is C5H6Br2O2. The number of hydrogen-bond acceptors (Lipinski definition) is 1. The molecule has 52 valence electrons. The molecule has 0 aromatic carbocycles. The summed E-state index contributed by atoms with van der Waals surface area (Å²) in [5.41, 5.74) is 0. The van der Waals surface area contributed by atoms with Gasteiger partial charge >= 0.3 is 5.97 Å². The van der Waals surface area contributed by atoms with Crippen LogP contribution in [0.3, 0.4) is 0 Å². The Hall–Kier alpha value is 0.430. The molecule has 4 heteroatoms. The van der Waals surface area contributed by atoms with E-state index in [1.807, 2.05) is 0 Å². The molecule has 2 atom stereocenters. The van der Waals surface area contributed by atoms with E-state index in [-0.39, 0.29) is 10.2 Å². The van der Waals surface area contributed by atoms with Crippen LogP contribution in [0.1, 0.15) is 6.42 Å². The third kappa shape index (κ3) is 1.29. The molecule has 0 spiro atoms. The molecule has 1 N–H and O–H groups in total. The lowest BCUT2D eigenvalue weighted by Crippen LogP contribution is -2.10. The highest BCUT2D eigenvalue weighted by atomic mass is 79.9. The molecular weight excluding hydrogens is 252 g/mol. The second kappa shape index (κ2) is 2.23. The van der Waals surface area contributed by atoms with Crippen LogP contribution >= 0.6 is 31.9 Å². The van der Waals surface area contributed by atoms with Crippen molar-refractivity contribution in [1.29, 1.82) is 0 Å². The van der Waals surface area contributed by atoms with Gasteiger partial charge in [0.2, 0.25) is 0 Å². The quantitative estimate of drug-likeness (QED) is 0.764. The van der Waals surface area contributed by atoms with Gasteiger partial charge in [-0.15, -0.1) is 0 Å². The highest BCUT2D eigenvalue weighted by Gasteiger charge is 2.56. The van der Waals surface area contributed by atoms with E-state index in [9.17, 15) is 4.79 Å². The summed E-state index contributed by atoms with van der Waals surface area (Å²) in [5, 5.41) is 9.19. The average molecular weight is 258 g/mol. The van der Waals surface area contributed by atoms with E-state index in [1.54, 1.807) is 0 Å². The van der Waals surface area contributed by atoms with Gasteiger partial charge in [-0.2, -0.15) is 0 Å². The van der Waals surface area contributed by atoms with Gasteiger partial charge in [0.25, 0.3) is 0 Å². The van der Waals surface area contributed by atoms with Crippen LogP contribution < -0.4 is 0 Å². The lowest BCUT2D eigenvalue weighted by atomic mass is 10.3. The number of alkyl halides is 2. The molecule has 0 amide bonds. The topological polar surface area (TPSA) is 37.3 Å². The molecule has 1 saturated carbocycles. The molecule has 1 aliphatic rings. The van der Waals surface area contributed by atoms with Crippen LogP contribution in [-0.2, 0) is 4.79 Å². The fourth-order valence-electron chi connectivity index (χ4n) is 0.737. The zero-order valence-electron chi connectivity index (χ0n) is 4.60. The van der Waals surface area contributed by atoms with Gasteiger partial charge in [0.15, 0.2) is 0 Å². The lowest BCUT2D eigenvalue weighted by Gasteiger charge is -1.98. The summed E-state index contributed by atoms with van der Waals surface area (Å²) < 4.78 is -0.140. The van der Waals surface area contributed by atoms with Gasteiger partial charge in [0, 0.05) is 9.65 Å². The number of carboxylic acids is 1. The third-order valence-corrected chi connectivity index (χ3v) is 4.44. The Morgan fingerprint density at radius 3 is 2.56 bits per heavy atom. The Labute approximate surface area is 69.9 Å². The summed E-state index contributed by atoms with van der Waals surface area (Å²) in [6.07, 6.45) is 0.744. The molecule has 0 heterocycles. The minimum Gasteiger partial charge on any atom is -0.481 e. The van der Waals surface area contributed by atoms with Crippen LogP contribution in [0, 0.1) is 5.92 Å². The van der Waals surface area contributed by atoms with Crippen molar-refractivity contribution < 1.29 is 9.90 Å². The average Bonchev–Trinajstić information content (AvgIpc) is 2.44. The minimum absolute atomic E-state index is 0.140. The van der Waals surface area contributed by atoms with Crippen LogP contribution in [0.5, 0.6) is 0 Å². The predicted octanol–water partition coefficient (Wildman–Crippen LogP) is 1.62. The lowest BCUT2D eigenvalue weighted by molar-refractivity contribution is -0.138. The molecule has 0 aromatic heterocycles. The summed E-state index contributed by atoms with van der Waals surface area (Å²) in [6.45, 7) is 0. The fourth-order valence-corrected chi connectivity index (χ4v) is 1.88. The van der Waals surface area contributed by atoms with Crippen molar-refractivity contribution in [2.45, 2.75) is 10.7 Å². The van der Waals surface area contributed by atoms with Gasteiger partial charge in [-0.05, 0) is 6.42 Å². The first-order valence-corrected chi connectivity index (χ1v) is 4.49. The molecule has 9 heavy (non-hydrogen) atoms. The summed E-state index contributed by atoms with van der Waals surface area (Å²) >= 11 is 6.56. The fraction of sp³-hybridized carbons (Fsp3) is 0.800. The largest absolute Gasteiger partial charge is 0.481 e. The van der Waals surface area contributed by atoms with Gasteiger partial charge in [0.1, 0.15) is 0 Å². The number of carbonyl (C=O) groups is 1. The number of aliphatic carboxylic acids is 1. The highest BCUT2D eigenvalue weighted by molar-refractivity contribution is 9.12. The number of rotatable bonds is 2. The van der Waals surface area contributed by atoms with Crippen LogP contribution in [0.15, 0.2) is 0 Å². The monoisotopic (exact) mass is 256 g/mol. The first kappa shape index (κ1) is 7.54. The van der Waals surface area contributed by atoms with Crippen molar-refractivity contribution in [3.05, 3.63) is 0 Å². The Morgan fingerprint density at radius 2 is 2.44 bits per heavy atom. The molecule has 0 radical (unpaired) electrons. The van der Waals surface area contributed by atoms with E-state index in [0.717, 1.165) is 11.8 Å². The molecule has 1 fully saturated rings. The molecule has 0 aromatic rings. The summed E-state index contributed by atoms with van der Waals surface area (Å²) in [5.74, 6) is -0.886. The highest BCUT2D eigenvalue weighted by Crippen LogP contribution is 2.52. The van der Waals surface area contributed by atoms with Crippen molar-refractivity contribution in [2.75, 3.05) is 5.33 Å².